The van der Waals surface area contributed by atoms with Crippen molar-refractivity contribution in [1.82, 2.24) is 16.0 Å². The average molecular weight is 463 g/mol. The summed E-state index contributed by atoms with van der Waals surface area (Å²) in [5.41, 5.74) is 20.4. The summed E-state index contributed by atoms with van der Waals surface area (Å²) < 4.78 is 0. The van der Waals surface area contributed by atoms with Crippen molar-refractivity contribution in [3.8, 4) is 0 Å². The summed E-state index contributed by atoms with van der Waals surface area (Å²) in [5, 5.41) is 15.3. The predicted molar refractivity (Wildman–Crippen MR) is 107 cm³/mol. The van der Waals surface area contributed by atoms with Gasteiger partial charge in [0.1, 0.15) is 18.1 Å². The number of rotatable bonds is 14. The Hall–Kier alpha value is -3.40. The number of carbonyl (C=O) groups excluding carboxylic acids is 6. The third-order valence-electron chi connectivity index (χ3n) is 3.63. The molecule has 0 aliphatic carbocycles. The summed E-state index contributed by atoms with van der Waals surface area (Å²) in [5.74, 6) is -7.77. The summed E-state index contributed by atoms with van der Waals surface area (Å²) in [6.45, 7) is 0. The Labute approximate surface area is 181 Å². The lowest BCUT2D eigenvalue weighted by atomic mass is 10.1. The summed E-state index contributed by atoms with van der Waals surface area (Å²) >= 11 is 3.89. The number of nitrogens with one attached hydrogen (secondary N) is 3. The minimum Gasteiger partial charge on any atom is -0.480 e. The second-order valence-corrected chi connectivity index (χ2v) is 6.69. The van der Waals surface area contributed by atoms with Crippen molar-refractivity contribution in [1.29, 1.82) is 0 Å². The summed E-state index contributed by atoms with van der Waals surface area (Å²) in [6, 6.07) is -6.05. The van der Waals surface area contributed by atoms with E-state index in [1.165, 1.54) is 0 Å². The van der Waals surface area contributed by atoms with Gasteiger partial charge in [-0.2, -0.15) is 12.6 Å². The Morgan fingerprint density at radius 2 is 1.06 bits per heavy atom. The number of aliphatic carboxylic acids is 1. The van der Waals surface area contributed by atoms with Gasteiger partial charge in [-0.3, -0.25) is 28.8 Å². The molecule has 16 heteroatoms. The van der Waals surface area contributed by atoms with Crippen molar-refractivity contribution < 1.29 is 38.7 Å². The van der Waals surface area contributed by atoms with E-state index < -0.39 is 84.8 Å². The SMILES string of the molecule is NC(=O)CC(N)C(=O)NC(CC(N)=O)C(=O)NC(CS)C(=O)NC(CC(N)=O)C(=O)O. The van der Waals surface area contributed by atoms with Gasteiger partial charge in [-0.25, -0.2) is 4.79 Å². The van der Waals surface area contributed by atoms with E-state index in [2.05, 4.69) is 23.3 Å². The highest BCUT2D eigenvalue weighted by atomic mass is 32.1. The molecule has 0 aromatic heterocycles. The van der Waals surface area contributed by atoms with Crippen molar-refractivity contribution in [2.24, 2.45) is 22.9 Å². The van der Waals surface area contributed by atoms with Crippen molar-refractivity contribution in [3.05, 3.63) is 0 Å². The minimum absolute atomic E-state index is 0.321. The van der Waals surface area contributed by atoms with Crippen molar-refractivity contribution in [2.75, 3.05) is 5.75 Å². The van der Waals surface area contributed by atoms with Crippen molar-refractivity contribution in [3.63, 3.8) is 0 Å². The van der Waals surface area contributed by atoms with Crippen LogP contribution in [0, 0.1) is 0 Å². The van der Waals surface area contributed by atoms with Gasteiger partial charge in [0.05, 0.1) is 25.3 Å². The second kappa shape index (κ2) is 13.0. The highest BCUT2D eigenvalue weighted by Crippen LogP contribution is 2.00. The van der Waals surface area contributed by atoms with Gasteiger partial charge in [0.15, 0.2) is 0 Å². The van der Waals surface area contributed by atoms with Crippen molar-refractivity contribution >= 4 is 54.0 Å². The molecule has 0 aromatic rings. The highest BCUT2D eigenvalue weighted by Gasteiger charge is 2.31. The van der Waals surface area contributed by atoms with E-state index >= 15 is 0 Å². The molecule has 0 saturated carbocycles. The summed E-state index contributed by atoms with van der Waals surface area (Å²) in [6.07, 6.45) is -1.91. The maximum absolute atomic E-state index is 12.5. The summed E-state index contributed by atoms with van der Waals surface area (Å²) in [7, 11) is 0. The molecule has 0 saturated heterocycles. The Balaban J connectivity index is 5.29. The van der Waals surface area contributed by atoms with Gasteiger partial charge < -0.3 is 44.0 Å². The number of carboxylic acid groups (broad SMARTS) is 1. The molecule has 4 atom stereocenters. The number of hydrogen-bond donors (Lipinski definition) is 9. The molecule has 0 bridgehead atoms. The Kier molecular flexibility index (Phi) is 11.6. The van der Waals surface area contributed by atoms with E-state index in [-0.39, 0.29) is 5.75 Å². The molecular weight excluding hydrogens is 438 g/mol. The zero-order chi connectivity index (χ0) is 24.3. The first-order valence-corrected chi connectivity index (χ1v) is 9.26. The maximum Gasteiger partial charge on any atom is 0.326 e. The average Bonchev–Trinajstić information content (AvgIpc) is 2.63. The van der Waals surface area contributed by atoms with Crippen LogP contribution >= 0.6 is 12.6 Å². The normalized spacial score (nSPS) is 14.3. The van der Waals surface area contributed by atoms with Crippen LogP contribution in [0.2, 0.25) is 0 Å². The van der Waals surface area contributed by atoms with Crippen LogP contribution in [0.25, 0.3) is 0 Å². The number of nitrogens with two attached hydrogens (primary N) is 4. The fourth-order valence-electron chi connectivity index (χ4n) is 2.14. The van der Waals surface area contributed by atoms with Gasteiger partial charge in [-0.15, -0.1) is 0 Å². The molecule has 6 amide bonds. The van der Waals surface area contributed by atoms with Crippen LogP contribution in [0.3, 0.4) is 0 Å². The fraction of sp³-hybridized carbons (Fsp3) is 0.533. The van der Waals surface area contributed by atoms with Crippen molar-refractivity contribution in [2.45, 2.75) is 43.4 Å². The zero-order valence-corrected chi connectivity index (χ0v) is 17.1. The molecule has 0 heterocycles. The van der Waals surface area contributed by atoms with Crippen LogP contribution in [0.1, 0.15) is 19.3 Å². The van der Waals surface area contributed by atoms with Gasteiger partial charge >= 0.3 is 5.97 Å². The fourth-order valence-corrected chi connectivity index (χ4v) is 2.40. The quantitative estimate of drug-likeness (QED) is 0.111. The van der Waals surface area contributed by atoms with E-state index in [0.29, 0.717) is 0 Å². The van der Waals surface area contributed by atoms with Crippen LogP contribution in [0.4, 0.5) is 0 Å². The molecule has 0 aromatic carbocycles. The van der Waals surface area contributed by atoms with Gasteiger partial charge in [0.25, 0.3) is 0 Å². The monoisotopic (exact) mass is 463 g/mol. The molecule has 15 nitrogen and oxygen atoms in total. The van der Waals surface area contributed by atoms with Crippen LogP contribution in [-0.2, 0) is 33.6 Å². The highest BCUT2D eigenvalue weighted by molar-refractivity contribution is 7.80. The van der Waals surface area contributed by atoms with Gasteiger partial charge in [-0.1, -0.05) is 0 Å². The summed E-state index contributed by atoms with van der Waals surface area (Å²) in [4.78, 5) is 80.9. The molecule has 0 rings (SSSR count). The Morgan fingerprint density at radius 1 is 0.677 bits per heavy atom. The van der Waals surface area contributed by atoms with Crippen LogP contribution in [-0.4, -0.2) is 76.4 Å². The number of amides is 6. The predicted octanol–water partition coefficient (Wildman–Crippen LogP) is -5.59. The minimum atomic E-state index is -1.66. The molecule has 0 aliphatic rings. The number of primary amides is 3. The molecular formula is C15H25N7O8S. The molecule has 0 spiro atoms. The lowest BCUT2D eigenvalue weighted by Crippen LogP contribution is -2.58. The molecule has 174 valence electrons. The molecule has 4 unspecified atom stereocenters. The molecule has 12 N–H and O–H groups in total. The van der Waals surface area contributed by atoms with E-state index in [9.17, 15) is 33.6 Å². The second-order valence-electron chi connectivity index (χ2n) is 6.32. The van der Waals surface area contributed by atoms with Gasteiger partial charge in [0.2, 0.25) is 35.4 Å². The van der Waals surface area contributed by atoms with Crippen LogP contribution in [0.15, 0.2) is 0 Å². The van der Waals surface area contributed by atoms with Crippen LogP contribution < -0.4 is 38.9 Å². The topological polar surface area (TPSA) is 280 Å². The lowest BCUT2D eigenvalue weighted by molar-refractivity contribution is -0.143. The van der Waals surface area contributed by atoms with E-state index in [1.54, 1.807) is 0 Å². The first-order chi connectivity index (χ1) is 14.3. The number of hydrogen-bond acceptors (Lipinski definition) is 9. The van der Waals surface area contributed by atoms with E-state index in [0.717, 1.165) is 0 Å². The zero-order valence-electron chi connectivity index (χ0n) is 16.2. The smallest absolute Gasteiger partial charge is 0.326 e. The van der Waals surface area contributed by atoms with E-state index in [1.807, 2.05) is 5.32 Å². The standard InChI is InChI=1S/C15H25N7O8S/c16-5(1-9(17)23)12(26)20-6(2-10(18)24)13(27)22-8(4-31)14(28)21-7(15(29)30)3-11(19)25/h5-8,31H,1-4,16H2,(H2,17,23)(H2,18,24)(H2,19,25)(H,20,26)(H,21,28)(H,22,27)(H,29,30). The first-order valence-electron chi connectivity index (χ1n) is 8.63. The largest absolute Gasteiger partial charge is 0.480 e. The molecule has 0 aliphatic heterocycles. The maximum atomic E-state index is 12.5. The molecule has 0 radical (unpaired) electrons. The molecule has 31 heavy (non-hydrogen) atoms. The first kappa shape index (κ1) is 27.6. The van der Waals surface area contributed by atoms with Gasteiger partial charge in [-0.05, 0) is 0 Å². The lowest BCUT2D eigenvalue weighted by Gasteiger charge is -2.23. The number of carboxylic acids is 1. The Bertz CT molecular complexity index is 747. The Morgan fingerprint density at radius 3 is 1.48 bits per heavy atom. The molecule has 0 fully saturated rings. The number of carbonyl (C=O) groups is 7. The third-order valence-corrected chi connectivity index (χ3v) is 4.00. The number of thiol groups is 1. The van der Waals surface area contributed by atoms with Crippen LogP contribution in [0.5, 0.6) is 0 Å². The van der Waals surface area contributed by atoms with Gasteiger partial charge in [0, 0.05) is 5.75 Å². The van der Waals surface area contributed by atoms with E-state index in [4.69, 9.17) is 28.0 Å². The third kappa shape index (κ3) is 10.8.